The fraction of sp³-hybridized carbons (Fsp3) is 0.343. The number of fused-ring (bicyclic) bond motifs is 2. The molecule has 1 unspecified atom stereocenters. The normalized spacial score (nSPS) is 17.2. The van der Waals surface area contributed by atoms with E-state index in [0.717, 1.165) is 11.1 Å². The van der Waals surface area contributed by atoms with Gasteiger partial charge in [-0.05, 0) is 80.3 Å². The summed E-state index contributed by atoms with van der Waals surface area (Å²) < 4.78 is 29.8. The Balaban J connectivity index is 1.49. The molecule has 1 saturated heterocycles. The van der Waals surface area contributed by atoms with Crippen LogP contribution in [-0.2, 0) is 9.59 Å². The molecule has 2 aliphatic heterocycles. The van der Waals surface area contributed by atoms with Crippen LogP contribution >= 0.6 is 11.3 Å². The van der Waals surface area contributed by atoms with Crippen LogP contribution in [-0.4, -0.2) is 54.8 Å². The van der Waals surface area contributed by atoms with Gasteiger partial charge >= 0.3 is 5.91 Å². The molecule has 1 atom stereocenters. The Hall–Kier alpha value is -4.77. The van der Waals surface area contributed by atoms with E-state index >= 15 is 0 Å². The minimum atomic E-state index is -1.01. The van der Waals surface area contributed by atoms with Crippen LogP contribution in [0.5, 0.6) is 28.7 Å². The zero-order valence-electron chi connectivity index (χ0n) is 26.2. The van der Waals surface area contributed by atoms with Crippen molar-refractivity contribution < 1.29 is 38.4 Å². The molecule has 240 valence electrons. The molecule has 46 heavy (non-hydrogen) atoms. The number of aliphatic hydroxyl groups is 1. The molecular formula is C35H36N2O8S. The Labute approximate surface area is 271 Å². The monoisotopic (exact) mass is 644 g/mol. The Morgan fingerprint density at radius 1 is 0.957 bits per heavy atom. The first-order valence-electron chi connectivity index (χ1n) is 15.4. The molecule has 3 heterocycles. The molecule has 0 saturated carbocycles. The van der Waals surface area contributed by atoms with Gasteiger partial charge in [0.15, 0.2) is 28.1 Å². The minimum Gasteiger partial charge on any atom is -0.507 e. The van der Waals surface area contributed by atoms with Gasteiger partial charge in [-0.3, -0.25) is 14.5 Å². The molecule has 1 fully saturated rings. The van der Waals surface area contributed by atoms with E-state index in [-0.39, 0.29) is 11.3 Å². The van der Waals surface area contributed by atoms with E-state index in [1.54, 1.807) is 36.4 Å². The fourth-order valence-corrected chi connectivity index (χ4v) is 6.45. The van der Waals surface area contributed by atoms with E-state index < -0.39 is 17.7 Å². The average Bonchev–Trinajstić information content (AvgIpc) is 3.58. The molecule has 3 aromatic carbocycles. The Morgan fingerprint density at radius 3 is 2.50 bits per heavy atom. The van der Waals surface area contributed by atoms with Crippen molar-refractivity contribution in [3.8, 4) is 28.7 Å². The molecule has 0 bridgehead atoms. The third-order valence-electron chi connectivity index (χ3n) is 7.66. The molecule has 10 nitrogen and oxygen atoms in total. The third kappa shape index (κ3) is 6.06. The predicted molar refractivity (Wildman–Crippen MR) is 176 cm³/mol. The lowest BCUT2D eigenvalue weighted by Crippen LogP contribution is -2.29. The summed E-state index contributed by atoms with van der Waals surface area (Å²) in [6.07, 6.45) is 0.867. The zero-order valence-corrected chi connectivity index (χ0v) is 27.0. The average molecular weight is 645 g/mol. The van der Waals surface area contributed by atoms with Crippen LogP contribution in [0.4, 0.5) is 5.13 Å². The van der Waals surface area contributed by atoms with Crippen LogP contribution in [0.3, 0.4) is 0 Å². The smallest absolute Gasteiger partial charge is 0.301 e. The lowest BCUT2D eigenvalue weighted by Gasteiger charge is -2.24. The van der Waals surface area contributed by atoms with E-state index in [4.69, 9.17) is 28.7 Å². The summed E-state index contributed by atoms with van der Waals surface area (Å²) in [6.45, 7) is 10.2. The number of amides is 1. The molecule has 0 radical (unpaired) electrons. The van der Waals surface area contributed by atoms with Gasteiger partial charge in [0.25, 0.3) is 5.78 Å². The van der Waals surface area contributed by atoms with Crippen LogP contribution in [0.25, 0.3) is 16.0 Å². The first-order chi connectivity index (χ1) is 22.3. The highest BCUT2D eigenvalue weighted by atomic mass is 32.1. The summed E-state index contributed by atoms with van der Waals surface area (Å²) in [5.74, 6) is 1.18. The lowest BCUT2D eigenvalue weighted by atomic mass is 9.95. The van der Waals surface area contributed by atoms with Gasteiger partial charge in [-0.25, -0.2) is 4.98 Å². The van der Waals surface area contributed by atoms with Gasteiger partial charge in [0.2, 0.25) is 0 Å². The van der Waals surface area contributed by atoms with Gasteiger partial charge in [-0.1, -0.05) is 31.3 Å². The Kier molecular flexibility index (Phi) is 9.03. The second-order valence-corrected chi connectivity index (χ2v) is 12.3. The van der Waals surface area contributed by atoms with E-state index in [0.29, 0.717) is 89.5 Å². The highest BCUT2D eigenvalue weighted by Gasteiger charge is 2.48. The summed E-state index contributed by atoms with van der Waals surface area (Å²) in [5.41, 5.74) is 1.44. The third-order valence-corrected chi connectivity index (χ3v) is 8.68. The topological polar surface area (TPSA) is 117 Å². The quantitative estimate of drug-likeness (QED) is 0.106. The second kappa shape index (κ2) is 13.3. The number of aromatic nitrogens is 1. The molecule has 11 heteroatoms. The Bertz CT molecular complexity index is 1810. The van der Waals surface area contributed by atoms with Gasteiger partial charge in [0.1, 0.15) is 24.7 Å². The van der Waals surface area contributed by atoms with Gasteiger partial charge < -0.3 is 28.8 Å². The Morgan fingerprint density at radius 2 is 1.74 bits per heavy atom. The summed E-state index contributed by atoms with van der Waals surface area (Å²) >= 11 is 1.26. The van der Waals surface area contributed by atoms with Crippen molar-refractivity contribution in [1.29, 1.82) is 0 Å². The number of aliphatic hydroxyl groups excluding tert-OH is 1. The van der Waals surface area contributed by atoms with Crippen molar-refractivity contribution in [3.63, 3.8) is 0 Å². The van der Waals surface area contributed by atoms with Crippen molar-refractivity contribution >= 4 is 44.1 Å². The summed E-state index contributed by atoms with van der Waals surface area (Å²) in [4.78, 5) is 33.8. The van der Waals surface area contributed by atoms with Gasteiger partial charge in [-0.2, -0.15) is 0 Å². The van der Waals surface area contributed by atoms with Crippen LogP contribution in [0.1, 0.15) is 51.3 Å². The van der Waals surface area contributed by atoms with E-state index in [1.807, 2.05) is 32.0 Å². The maximum absolute atomic E-state index is 13.9. The first kappa shape index (κ1) is 31.2. The van der Waals surface area contributed by atoms with Crippen molar-refractivity contribution in [2.75, 3.05) is 37.9 Å². The maximum Gasteiger partial charge on any atom is 0.301 e. The number of hydrogen-bond acceptors (Lipinski definition) is 10. The number of ketones is 1. The molecular weight excluding hydrogens is 608 g/mol. The van der Waals surface area contributed by atoms with Gasteiger partial charge in [0, 0.05) is 5.56 Å². The molecule has 2 aliphatic rings. The number of rotatable bonds is 11. The van der Waals surface area contributed by atoms with Crippen molar-refractivity contribution in [1.82, 2.24) is 4.98 Å². The van der Waals surface area contributed by atoms with Crippen molar-refractivity contribution in [3.05, 3.63) is 71.3 Å². The number of carbonyl (C=O) groups is 2. The number of nitrogens with zero attached hydrogens (tertiary/aromatic N) is 2. The standard InChI is InChI=1S/C35H36N2O8S/c1-5-41-23-9-10-24-29(19-23)46-35(36-24)37-31(21-7-11-25(27(17-21)42-6-2)43-14-13-20(3)4)30(33(39)34(37)40)32(38)22-8-12-26-28(18-22)45-16-15-44-26/h7-12,17-20,31,38H,5-6,13-16H2,1-4H3/b32-30+. The van der Waals surface area contributed by atoms with Crippen LogP contribution in [0.15, 0.2) is 60.2 Å². The minimum absolute atomic E-state index is 0.0770. The first-order valence-corrected chi connectivity index (χ1v) is 16.2. The maximum atomic E-state index is 13.9. The fourth-order valence-electron chi connectivity index (χ4n) is 5.43. The largest absolute Gasteiger partial charge is 0.507 e. The number of Topliss-reactive ketones (excluding diaryl/α,β-unsaturated/α-hetero) is 1. The number of thiazole rings is 1. The van der Waals surface area contributed by atoms with E-state index in [9.17, 15) is 14.7 Å². The predicted octanol–water partition coefficient (Wildman–Crippen LogP) is 6.92. The highest BCUT2D eigenvalue weighted by Crippen LogP contribution is 2.47. The zero-order chi connectivity index (χ0) is 32.4. The van der Waals surface area contributed by atoms with Gasteiger partial charge in [-0.15, -0.1) is 0 Å². The lowest BCUT2D eigenvalue weighted by molar-refractivity contribution is -0.132. The summed E-state index contributed by atoms with van der Waals surface area (Å²) in [5, 5.41) is 12.0. The van der Waals surface area contributed by atoms with E-state index in [1.165, 1.54) is 16.2 Å². The number of carbonyl (C=O) groups excluding carboxylic acids is 2. The number of ether oxygens (including phenoxy) is 5. The molecule has 0 spiro atoms. The molecule has 1 aromatic heterocycles. The molecule has 0 aliphatic carbocycles. The van der Waals surface area contributed by atoms with Crippen molar-refractivity contribution in [2.24, 2.45) is 5.92 Å². The molecule has 1 amide bonds. The van der Waals surface area contributed by atoms with Crippen LogP contribution < -0.4 is 28.6 Å². The van der Waals surface area contributed by atoms with Crippen LogP contribution in [0.2, 0.25) is 0 Å². The highest BCUT2D eigenvalue weighted by molar-refractivity contribution is 7.22. The summed E-state index contributed by atoms with van der Waals surface area (Å²) in [6, 6.07) is 14.7. The SMILES string of the molecule is CCOc1ccc2nc(N3C(=O)C(=O)/C(=C(/O)c4ccc5c(c4)OCCO5)C3c3ccc(OCCC(C)C)c(OCC)c3)sc2c1. The number of hydrogen-bond donors (Lipinski definition) is 1. The summed E-state index contributed by atoms with van der Waals surface area (Å²) in [7, 11) is 0. The van der Waals surface area contributed by atoms with Gasteiger partial charge in [0.05, 0.1) is 41.7 Å². The number of benzene rings is 3. The second-order valence-electron chi connectivity index (χ2n) is 11.3. The number of anilines is 1. The van der Waals surface area contributed by atoms with E-state index in [2.05, 4.69) is 13.8 Å². The molecule has 6 rings (SSSR count). The van der Waals surface area contributed by atoms with Crippen LogP contribution in [0, 0.1) is 5.92 Å². The molecule has 1 N–H and O–H groups in total. The molecule has 4 aromatic rings. The van der Waals surface area contributed by atoms with Crippen molar-refractivity contribution in [2.45, 2.75) is 40.2 Å².